The predicted octanol–water partition coefficient (Wildman–Crippen LogP) is -0.246. The van der Waals surface area contributed by atoms with Crippen LogP contribution in [0.3, 0.4) is 0 Å². The molecule has 0 rings (SSSR count). The van der Waals surface area contributed by atoms with Gasteiger partial charge in [0, 0.05) is 6.54 Å². The summed E-state index contributed by atoms with van der Waals surface area (Å²) in [5, 5.41) is 0. The average molecular weight is 117 g/mol. The lowest BCUT2D eigenvalue weighted by Crippen LogP contribution is -2.21. The van der Waals surface area contributed by atoms with E-state index in [0.29, 0.717) is 6.54 Å². The summed E-state index contributed by atoms with van der Waals surface area (Å²) in [5.74, 6) is -0.410. The van der Waals surface area contributed by atoms with Gasteiger partial charge < -0.3 is 10.5 Å². The first kappa shape index (κ1) is 7.43. The van der Waals surface area contributed by atoms with Crippen molar-refractivity contribution >= 4 is 5.97 Å². The molecule has 8 heavy (non-hydrogen) atoms. The number of methoxy groups -OCH3 is 1. The molecule has 0 spiro atoms. The molecule has 0 fully saturated rings. The van der Waals surface area contributed by atoms with Gasteiger partial charge in [-0.3, -0.25) is 4.79 Å². The van der Waals surface area contributed by atoms with E-state index in [2.05, 4.69) is 4.74 Å². The first-order valence-electron chi connectivity index (χ1n) is 2.50. The van der Waals surface area contributed by atoms with Gasteiger partial charge >= 0.3 is 5.97 Å². The lowest BCUT2D eigenvalue weighted by molar-refractivity contribution is -0.144. The molecule has 0 bridgehead atoms. The quantitative estimate of drug-likeness (QED) is 0.507. The Balaban J connectivity index is 3.46. The molecule has 0 amide bonds. The fraction of sp³-hybridized carbons (Fsp3) is 0.800. The van der Waals surface area contributed by atoms with Crippen molar-refractivity contribution < 1.29 is 9.53 Å². The van der Waals surface area contributed by atoms with Crippen molar-refractivity contribution in [2.75, 3.05) is 13.7 Å². The zero-order valence-electron chi connectivity index (χ0n) is 5.18. The molecule has 0 unspecified atom stereocenters. The Morgan fingerprint density at radius 1 is 1.88 bits per heavy atom. The SMILES string of the molecule is COC(=O)[C@@H](C)CN. The molecule has 0 saturated carbocycles. The maximum absolute atomic E-state index is 10.4. The highest BCUT2D eigenvalue weighted by Gasteiger charge is 2.08. The molecule has 3 nitrogen and oxygen atoms in total. The molecule has 0 aromatic carbocycles. The summed E-state index contributed by atoms with van der Waals surface area (Å²) in [5.41, 5.74) is 5.15. The molecule has 0 heterocycles. The van der Waals surface area contributed by atoms with Crippen LogP contribution in [-0.2, 0) is 9.53 Å². The predicted molar refractivity (Wildman–Crippen MR) is 30.2 cm³/mol. The average Bonchev–Trinajstić information content (AvgIpc) is 1.84. The van der Waals surface area contributed by atoms with Gasteiger partial charge in [-0.05, 0) is 0 Å². The highest BCUT2D eigenvalue weighted by molar-refractivity contribution is 5.71. The smallest absolute Gasteiger partial charge is 0.309 e. The van der Waals surface area contributed by atoms with Gasteiger partial charge in [-0.15, -0.1) is 0 Å². The first-order chi connectivity index (χ1) is 3.72. The number of rotatable bonds is 2. The molecule has 0 aromatic rings. The zero-order chi connectivity index (χ0) is 6.57. The molecular weight excluding hydrogens is 106 g/mol. The van der Waals surface area contributed by atoms with Crippen molar-refractivity contribution in [1.82, 2.24) is 0 Å². The van der Waals surface area contributed by atoms with E-state index in [1.807, 2.05) is 0 Å². The molecule has 48 valence electrons. The van der Waals surface area contributed by atoms with Crippen molar-refractivity contribution in [3.05, 3.63) is 0 Å². The Kier molecular flexibility index (Phi) is 3.19. The van der Waals surface area contributed by atoms with Gasteiger partial charge in [-0.1, -0.05) is 6.92 Å². The molecule has 0 radical (unpaired) electrons. The van der Waals surface area contributed by atoms with Crippen LogP contribution < -0.4 is 5.73 Å². The molecule has 1 atom stereocenters. The molecular formula is C5H11NO2. The molecule has 2 N–H and O–H groups in total. The number of hydrogen-bond donors (Lipinski definition) is 1. The van der Waals surface area contributed by atoms with Gasteiger partial charge in [0.25, 0.3) is 0 Å². The van der Waals surface area contributed by atoms with Gasteiger partial charge in [-0.25, -0.2) is 0 Å². The van der Waals surface area contributed by atoms with E-state index in [0.717, 1.165) is 0 Å². The number of nitrogens with two attached hydrogens (primary N) is 1. The summed E-state index contributed by atoms with van der Waals surface area (Å²) in [7, 11) is 1.36. The fourth-order valence-electron chi connectivity index (χ4n) is 0.297. The van der Waals surface area contributed by atoms with E-state index in [4.69, 9.17) is 5.73 Å². The summed E-state index contributed by atoms with van der Waals surface area (Å²) >= 11 is 0. The van der Waals surface area contributed by atoms with Crippen molar-refractivity contribution in [2.24, 2.45) is 11.7 Å². The number of esters is 1. The summed E-state index contributed by atoms with van der Waals surface area (Å²) in [6.45, 7) is 2.08. The Bertz CT molecular complexity index is 82.5. The van der Waals surface area contributed by atoms with Crippen LogP contribution in [0.15, 0.2) is 0 Å². The molecule has 0 aliphatic rings. The van der Waals surface area contributed by atoms with Crippen molar-refractivity contribution in [2.45, 2.75) is 6.92 Å². The largest absolute Gasteiger partial charge is 0.469 e. The number of carbonyl (C=O) groups is 1. The summed E-state index contributed by atoms with van der Waals surface area (Å²) < 4.78 is 4.38. The Morgan fingerprint density at radius 2 is 2.38 bits per heavy atom. The molecule has 0 saturated heterocycles. The van der Waals surface area contributed by atoms with Crippen molar-refractivity contribution in [3.63, 3.8) is 0 Å². The number of ether oxygens (including phenoxy) is 1. The summed E-state index contributed by atoms with van der Waals surface area (Å²) in [6.07, 6.45) is 0. The van der Waals surface area contributed by atoms with E-state index >= 15 is 0 Å². The normalized spacial score (nSPS) is 12.9. The number of carbonyl (C=O) groups excluding carboxylic acids is 1. The number of hydrogen-bond acceptors (Lipinski definition) is 3. The Labute approximate surface area is 48.8 Å². The molecule has 0 aromatic heterocycles. The highest BCUT2D eigenvalue weighted by Crippen LogP contribution is 1.91. The lowest BCUT2D eigenvalue weighted by Gasteiger charge is -2.02. The van der Waals surface area contributed by atoms with E-state index in [1.165, 1.54) is 7.11 Å². The van der Waals surface area contributed by atoms with Gasteiger partial charge in [-0.2, -0.15) is 0 Å². The minimum absolute atomic E-state index is 0.167. The molecule has 3 heteroatoms. The third-order valence-electron chi connectivity index (χ3n) is 0.957. The van der Waals surface area contributed by atoms with Crippen LogP contribution in [0.1, 0.15) is 6.92 Å². The molecule has 0 aliphatic heterocycles. The van der Waals surface area contributed by atoms with E-state index < -0.39 is 0 Å². The second-order valence-corrected chi connectivity index (χ2v) is 1.66. The van der Waals surface area contributed by atoms with Gasteiger partial charge in [0.2, 0.25) is 0 Å². The summed E-state index contributed by atoms with van der Waals surface area (Å²) in [6, 6.07) is 0. The second-order valence-electron chi connectivity index (χ2n) is 1.66. The standard InChI is InChI=1S/C5H11NO2/c1-4(3-6)5(7)8-2/h4H,3,6H2,1-2H3/t4-/m0/s1. The fourth-order valence-corrected chi connectivity index (χ4v) is 0.297. The van der Waals surface area contributed by atoms with Gasteiger partial charge in [0.05, 0.1) is 13.0 Å². The van der Waals surface area contributed by atoms with Crippen LogP contribution in [0.2, 0.25) is 0 Å². The van der Waals surface area contributed by atoms with E-state index in [1.54, 1.807) is 6.92 Å². The third kappa shape index (κ3) is 1.93. The maximum Gasteiger partial charge on any atom is 0.309 e. The lowest BCUT2D eigenvalue weighted by atomic mass is 10.2. The summed E-state index contributed by atoms with van der Waals surface area (Å²) in [4.78, 5) is 10.4. The van der Waals surface area contributed by atoms with Gasteiger partial charge in [0.15, 0.2) is 0 Å². The minimum Gasteiger partial charge on any atom is -0.469 e. The van der Waals surface area contributed by atoms with Crippen LogP contribution in [0.4, 0.5) is 0 Å². The molecule has 0 aliphatic carbocycles. The first-order valence-corrected chi connectivity index (χ1v) is 2.50. The van der Waals surface area contributed by atoms with Gasteiger partial charge in [0.1, 0.15) is 0 Å². The van der Waals surface area contributed by atoms with Crippen LogP contribution in [0.25, 0.3) is 0 Å². The zero-order valence-corrected chi connectivity index (χ0v) is 5.18. The maximum atomic E-state index is 10.4. The van der Waals surface area contributed by atoms with Crippen molar-refractivity contribution in [1.29, 1.82) is 0 Å². The Morgan fingerprint density at radius 3 is 2.50 bits per heavy atom. The van der Waals surface area contributed by atoms with E-state index in [-0.39, 0.29) is 11.9 Å². The van der Waals surface area contributed by atoms with Crippen molar-refractivity contribution in [3.8, 4) is 0 Å². The van der Waals surface area contributed by atoms with Crippen LogP contribution in [0.5, 0.6) is 0 Å². The van der Waals surface area contributed by atoms with Crippen LogP contribution >= 0.6 is 0 Å². The highest BCUT2D eigenvalue weighted by atomic mass is 16.5. The topological polar surface area (TPSA) is 52.3 Å². The Hall–Kier alpha value is -0.570. The third-order valence-corrected chi connectivity index (χ3v) is 0.957. The monoisotopic (exact) mass is 117 g/mol. The second kappa shape index (κ2) is 3.43. The van der Waals surface area contributed by atoms with Crippen LogP contribution in [-0.4, -0.2) is 19.6 Å². The van der Waals surface area contributed by atoms with Crippen LogP contribution in [0, 0.1) is 5.92 Å². The van der Waals surface area contributed by atoms with E-state index in [9.17, 15) is 4.79 Å². The minimum atomic E-state index is -0.243.